The highest BCUT2D eigenvalue weighted by Crippen LogP contribution is 2.43. The van der Waals surface area contributed by atoms with Gasteiger partial charge >= 0.3 is 0 Å². The van der Waals surface area contributed by atoms with Crippen LogP contribution in [0.3, 0.4) is 0 Å². The van der Waals surface area contributed by atoms with E-state index in [9.17, 15) is 0 Å². The van der Waals surface area contributed by atoms with Gasteiger partial charge in [0, 0.05) is 17.3 Å². The number of benzene rings is 3. The van der Waals surface area contributed by atoms with Gasteiger partial charge in [-0.2, -0.15) is 0 Å². The Morgan fingerprint density at radius 3 is 1.63 bits per heavy atom. The molecule has 0 N–H and O–H groups in total. The van der Waals surface area contributed by atoms with Gasteiger partial charge in [-0.25, -0.2) is 0 Å². The molecule has 4 aromatic rings. The normalized spacial score (nSPS) is 13.7. The Hall–Kier alpha value is -3.30. The van der Waals surface area contributed by atoms with Crippen molar-refractivity contribution in [2.75, 3.05) is 6.67 Å². The summed E-state index contributed by atoms with van der Waals surface area (Å²) in [4.78, 5) is 6.24. The first-order valence-corrected chi connectivity index (χ1v) is 11.1. The third kappa shape index (κ3) is 3.31. The van der Waals surface area contributed by atoms with Crippen LogP contribution in [0.4, 0.5) is 0 Å². The second-order valence-corrected chi connectivity index (χ2v) is 8.58. The van der Waals surface area contributed by atoms with Crippen LogP contribution in [0.25, 0.3) is 0 Å². The highest BCUT2D eigenvalue weighted by molar-refractivity contribution is 7.09. The maximum Gasteiger partial charge on any atom is 0.117 e. The molecule has 5 rings (SSSR count). The maximum absolute atomic E-state index is 2.47. The molecule has 0 fully saturated rings. The van der Waals surface area contributed by atoms with E-state index in [4.69, 9.17) is 0 Å². The van der Waals surface area contributed by atoms with Crippen molar-refractivity contribution in [3.8, 4) is 0 Å². The van der Waals surface area contributed by atoms with Gasteiger partial charge in [-0.05, 0) is 28.1 Å². The molecule has 0 spiro atoms. The van der Waals surface area contributed by atoms with Crippen molar-refractivity contribution in [1.82, 2.24) is 9.80 Å². The van der Waals surface area contributed by atoms with Gasteiger partial charge in [0.25, 0.3) is 0 Å². The minimum absolute atomic E-state index is 0.398. The van der Waals surface area contributed by atoms with E-state index in [1.54, 1.807) is 0 Å². The van der Waals surface area contributed by atoms with Gasteiger partial charge in [0.1, 0.15) is 5.54 Å². The van der Waals surface area contributed by atoms with Crippen LogP contribution in [0.15, 0.2) is 121 Å². The van der Waals surface area contributed by atoms with E-state index in [0.29, 0.717) is 0 Å². The Balaban J connectivity index is 1.64. The molecule has 0 radical (unpaired) electrons. The summed E-state index contributed by atoms with van der Waals surface area (Å²) in [6.45, 7) is 1.76. The van der Waals surface area contributed by atoms with E-state index in [2.05, 4.69) is 131 Å². The van der Waals surface area contributed by atoms with Gasteiger partial charge in [0.2, 0.25) is 0 Å². The van der Waals surface area contributed by atoms with Crippen LogP contribution >= 0.6 is 11.3 Å². The molecule has 0 atom stereocenters. The monoisotopic (exact) mass is 408 g/mol. The second-order valence-electron chi connectivity index (χ2n) is 7.54. The van der Waals surface area contributed by atoms with Gasteiger partial charge in [-0.15, -0.1) is 11.3 Å². The number of hydrogen-bond acceptors (Lipinski definition) is 3. The standard InChI is InChI=1S/C27H24N2S/c1-4-11-23(12-5-1)27(24-13-6-2-7-14-24,25-15-8-3-9-16-25)29-19-18-28(22-29)21-26-17-10-20-30-26/h1-20H,21-22H2. The van der Waals surface area contributed by atoms with E-state index in [-0.39, 0.29) is 0 Å². The summed E-state index contributed by atoms with van der Waals surface area (Å²) >= 11 is 1.81. The molecular weight excluding hydrogens is 384 g/mol. The number of nitrogens with zero attached hydrogens (tertiary/aromatic N) is 2. The average molecular weight is 409 g/mol. The number of hydrogen-bond donors (Lipinski definition) is 0. The minimum atomic E-state index is -0.398. The van der Waals surface area contributed by atoms with Crippen molar-refractivity contribution < 1.29 is 0 Å². The zero-order valence-electron chi connectivity index (χ0n) is 16.8. The fourth-order valence-electron chi connectivity index (χ4n) is 4.42. The van der Waals surface area contributed by atoms with Crippen molar-refractivity contribution in [2.45, 2.75) is 12.1 Å². The zero-order valence-corrected chi connectivity index (χ0v) is 17.6. The predicted octanol–water partition coefficient (Wildman–Crippen LogP) is 6.29. The Morgan fingerprint density at radius 1 is 0.633 bits per heavy atom. The van der Waals surface area contributed by atoms with Crippen molar-refractivity contribution in [3.63, 3.8) is 0 Å². The van der Waals surface area contributed by atoms with Crippen LogP contribution in [0.5, 0.6) is 0 Å². The van der Waals surface area contributed by atoms with Gasteiger partial charge in [0.05, 0.1) is 13.2 Å². The summed E-state index contributed by atoms with van der Waals surface area (Å²) in [6, 6.07) is 36.9. The Labute approximate surface area is 182 Å². The van der Waals surface area contributed by atoms with Gasteiger partial charge in [-0.1, -0.05) is 97.1 Å². The summed E-state index contributed by atoms with van der Waals surface area (Å²) in [7, 11) is 0. The highest BCUT2D eigenvalue weighted by atomic mass is 32.1. The molecule has 1 aliphatic rings. The van der Waals surface area contributed by atoms with E-state index >= 15 is 0 Å². The molecule has 1 aromatic heterocycles. The first-order valence-electron chi connectivity index (χ1n) is 10.3. The smallest absolute Gasteiger partial charge is 0.117 e. The van der Waals surface area contributed by atoms with Crippen molar-refractivity contribution >= 4 is 11.3 Å². The predicted molar refractivity (Wildman–Crippen MR) is 125 cm³/mol. The SMILES string of the molecule is C1=CN(C(c2ccccc2)(c2ccccc2)c2ccccc2)CN1Cc1cccs1. The number of thiophene rings is 1. The molecule has 0 aliphatic carbocycles. The Kier molecular flexibility index (Phi) is 5.12. The molecule has 148 valence electrons. The van der Waals surface area contributed by atoms with E-state index < -0.39 is 5.54 Å². The fourth-order valence-corrected chi connectivity index (χ4v) is 5.15. The van der Waals surface area contributed by atoms with Gasteiger partial charge in [0.15, 0.2) is 0 Å². The second kappa shape index (κ2) is 8.21. The van der Waals surface area contributed by atoms with E-state index in [0.717, 1.165) is 13.2 Å². The van der Waals surface area contributed by atoms with Crippen molar-refractivity contribution in [3.05, 3.63) is 142 Å². The molecule has 1 aliphatic heterocycles. The van der Waals surface area contributed by atoms with Gasteiger partial charge in [-0.3, -0.25) is 0 Å². The van der Waals surface area contributed by atoms with Crippen LogP contribution in [-0.4, -0.2) is 16.5 Å². The van der Waals surface area contributed by atoms with Crippen molar-refractivity contribution in [2.24, 2.45) is 0 Å². The molecule has 2 nitrogen and oxygen atoms in total. The number of rotatable bonds is 6. The molecule has 0 bridgehead atoms. The van der Waals surface area contributed by atoms with Gasteiger partial charge < -0.3 is 9.80 Å². The summed E-state index contributed by atoms with van der Waals surface area (Å²) in [5, 5.41) is 2.15. The topological polar surface area (TPSA) is 6.48 Å². The molecule has 0 amide bonds. The minimum Gasteiger partial charge on any atom is -0.353 e. The average Bonchev–Trinajstić information content (AvgIpc) is 3.50. The van der Waals surface area contributed by atoms with E-state index in [1.165, 1.54) is 21.6 Å². The van der Waals surface area contributed by atoms with E-state index in [1.807, 2.05) is 11.3 Å². The summed E-state index contributed by atoms with van der Waals surface area (Å²) in [5.74, 6) is 0. The molecule has 0 saturated heterocycles. The lowest BCUT2D eigenvalue weighted by molar-refractivity contribution is 0.176. The van der Waals surface area contributed by atoms with Crippen LogP contribution in [0.2, 0.25) is 0 Å². The van der Waals surface area contributed by atoms with Crippen LogP contribution < -0.4 is 0 Å². The van der Waals surface area contributed by atoms with Crippen LogP contribution in [0.1, 0.15) is 21.6 Å². The molecule has 30 heavy (non-hydrogen) atoms. The third-order valence-corrected chi connectivity index (χ3v) is 6.60. The van der Waals surface area contributed by atoms with Crippen LogP contribution in [-0.2, 0) is 12.1 Å². The molecule has 3 heteroatoms. The lowest BCUT2D eigenvalue weighted by atomic mass is 9.76. The lowest BCUT2D eigenvalue weighted by Gasteiger charge is -2.44. The largest absolute Gasteiger partial charge is 0.353 e. The summed E-state index contributed by atoms with van der Waals surface area (Å²) in [5.41, 5.74) is 3.41. The Bertz CT molecular complexity index is 993. The summed E-state index contributed by atoms with van der Waals surface area (Å²) < 4.78 is 0. The maximum atomic E-state index is 2.47. The molecule has 3 aromatic carbocycles. The molecule has 0 saturated carbocycles. The fraction of sp³-hybridized carbons (Fsp3) is 0.111. The Morgan fingerprint density at radius 2 is 1.17 bits per heavy atom. The van der Waals surface area contributed by atoms with Crippen LogP contribution in [0, 0.1) is 0 Å². The highest BCUT2D eigenvalue weighted by Gasteiger charge is 2.42. The first-order chi connectivity index (χ1) is 14.9. The quantitative estimate of drug-likeness (QED) is 0.346. The molecule has 0 unspecified atom stereocenters. The zero-order chi connectivity index (χ0) is 20.2. The van der Waals surface area contributed by atoms with Crippen molar-refractivity contribution in [1.29, 1.82) is 0 Å². The lowest BCUT2D eigenvalue weighted by Crippen LogP contribution is -2.46. The first kappa shape index (κ1) is 18.7. The summed E-state index contributed by atoms with van der Waals surface area (Å²) in [6.07, 6.45) is 4.48. The third-order valence-electron chi connectivity index (χ3n) is 5.74. The molecular formula is C27H24N2S. The molecule has 2 heterocycles.